The van der Waals surface area contributed by atoms with E-state index in [4.69, 9.17) is 0 Å². The molecule has 0 N–H and O–H groups in total. The molecule has 2 aromatic rings. The van der Waals surface area contributed by atoms with Crippen LogP contribution in [0.1, 0.15) is 58.1 Å². The van der Waals surface area contributed by atoms with E-state index in [2.05, 4.69) is 67.6 Å². The molecule has 1 unspecified atom stereocenters. The molecule has 0 saturated heterocycles. The topological polar surface area (TPSA) is 0 Å². The molecule has 21 heavy (non-hydrogen) atoms. The summed E-state index contributed by atoms with van der Waals surface area (Å²) in [6, 6.07) is 21.2. The molecule has 1 atom stereocenters. The summed E-state index contributed by atoms with van der Waals surface area (Å²) in [6.45, 7) is 9.62. The number of hydrogen-bond acceptors (Lipinski definition) is 0. The molecule has 0 fully saturated rings. The highest BCUT2D eigenvalue weighted by atomic mass is 19.1. The van der Waals surface area contributed by atoms with Gasteiger partial charge < -0.3 is 0 Å². The number of alkyl halides is 1. The first-order chi connectivity index (χ1) is 10.1. The molecule has 0 radical (unpaired) electrons. The van der Waals surface area contributed by atoms with Gasteiger partial charge in [0.05, 0.1) is 6.17 Å². The van der Waals surface area contributed by atoms with Crippen molar-refractivity contribution in [3.63, 3.8) is 0 Å². The Morgan fingerprint density at radius 1 is 0.762 bits per heavy atom. The van der Waals surface area contributed by atoms with Gasteiger partial charge in [-0.2, -0.15) is 0 Å². The van der Waals surface area contributed by atoms with Gasteiger partial charge in [-0.25, -0.2) is 4.39 Å². The van der Waals surface area contributed by atoms with E-state index < -0.39 is 6.17 Å². The van der Waals surface area contributed by atoms with Crippen molar-refractivity contribution in [2.24, 2.45) is 0 Å². The molecule has 116 valence electrons. The van der Waals surface area contributed by atoms with Gasteiger partial charge in [0.1, 0.15) is 0 Å². The van der Waals surface area contributed by atoms with Crippen molar-refractivity contribution in [3.05, 3.63) is 71.8 Å². The van der Waals surface area contributed by atoms with E-state index in [1.54, 1.807) is 6.92 Å². The van der Waals surface area contributed by atoms with E-state index in [0.29, 0.717) is 12.3 Å². The predicted molar refractivity (Wildman–Crippen MR) is 92.6 cm³/mol. The van der Waals surface area contributed by atoms with Crippen LogP contribution in [0.3, 0.4) is 0 Å². The molecule has 0 spiro atoms. The highest BCUT2D eigenvalue weighted by Crippen LogP contribution is 2.22. The lowest BCUT2D eigenvalue weighted by Gasteiger charge is -2.11. The Bertz CT molecular complexity index is 394. The van der Waals surface area contributed by atoms with Crippen molar-refractivity contribution in [2.45, 2.75) is 53.1 Å². The zero-order valence-corrected chi connectivity index (χ0v) is 14.0. The first kappa shape index (κ1) is 19.4. The Morgan fingerprint density at radius 3 is 1.29 bits per heavy atom. The molecular weight excluding hydrogens is 259 g/mol. The van der Waals surface area contributed by atoms with Gasteiger partial charge >= 0.3 is 0 Å². The zero-order chi connectivity index (χ0) is 16.1. The molecule has 0 aromatic heterocycles. The van der Waals surface area contributed by atoms with Crippen molar-refractivity contribution in [2.75, 3.05) is 0 Å². The van der Waals surface area contributed by atoms with Crippen molar-refractivity contribution >= 4 is 0 Å². The number of halogens is 1. The van der Waals surface area contributed by atoms with E-state index in [1.165, 1.54) is 11.1 Å². The molecule has 2 aromatic carbocycles. The van der Waals surface area contributed by atoms with Gasteiger partial charge in [0.2, 0.25) is 0 Å². The molecule has 0 bridgehead atoms. The number of hydrogen-bond donors (Lipinski definition) is 0. The van der Waals surface area contributed by atoms with Crippen LogP contribution in [0.2, 0.25) is 0 Å². The largest absolute Gasteiger partial charge is 0.248 e. The zero-order valence-electron chi connectivity index (χ0n) is 14.0. The van der Waals surface area contributed by atoms with E-state index in [1.807, 2.05) is 20.8 Å². The van der Waals surface area contributed by atoms with Gasteiger partial charge in [-0.3, -0.25) is 0 Å². The summed E-state index contributed by atoms with van der Waals surface area (Å²) in [7, 11) is 0. The van der Waals surface area contributed by atoms with Crippen LogP contribution < -0.4 is 0 Å². The van der Waals surface area contributed by atoms with E-state index in [9.17, 15) is 4.39 Å². The highest BCUT2D eigenvalue weighted by Gasteiger charge is 2.05. The minimum Gasteiger partial charge on any atom is -0.248 e. The molecule has 0 aliphatic heterocycles. The third-order valence-electron chi connectivity index (χ3n) is 3.16. The Labute approximate surface area is 130 Å². The lowest BCUT2D eigenvalue weighted by atomic mass is 9.93. The second-order valence-electron chi connectivity index (χ2n) is 4.73. The van der Waals surface area contributed by atoms with Gasteiger partial charge in [0, 0.05) is 5.92 Å². The second-order valence-corrected chi connectivity index (χ2v) is 4.73. The summed E-state index contributed by atoms with van der Waals surface area (Å²) < 4.78 is 11.4. The van der Waals surface area contributed by atoms with E-state index >= 15 is 0 Å². The van der Waals surface area contributed by atoms with Crippen molar-refractivity contribution in [3.8, 4) is 0 Å². The van der Waals surface area contributed by atoms with Gasteiger partial charge in [0.25, 0.3) is 0 Å². The minimum absolute atomic E-state index is 0.484. The van der Waals surface area contributed by atoms with Crippen molar-refractivity contribution in [1.29, 1.82) is 0 Å². The Balaban J connectivity index is 0.000000489. The van der Waals surface area contributed by atoms with E-state index in [0.717, 1.165) is 0 Å². The summed E-state index contributed by atoms with van der Waals surface area (Å²) in [5.74, 6) is 0.484. The standard InChI is InChI=1S/C14H14.C4H9F.C2H6/c1-12(13-8-4-2-5-9-13)14-10-6-3-7-11-14;1-3-4(2)5;1-2/h2-12H,1H3;4H,3H2,1-2H3;1-2H3. The predicted octanol–water partition coefficient (Wildman–Crippen LogP) is 6.62. The Morgan fingerprint density at radius 2 is 1.05 bits per heavy atom. The maximum absolute atomic E-state index is 11.4. The monoisotopic (exact) mass is 288 g/mol. The molecule has 1 heteroatoms. The maximum atomic E-state index is 11.4. The fourth-order valence-electron chi connectivity index (χ4n) is 1.68. The molecule has 0 amide bonds. The van der Waals surface area contributed by atoms with Crippen LogP contribution in [0, 0.1) is 0 Å². The van der Waals surface area contributed by atoms with Gasteiger partial charge in [-0.1, -0.05) is 88.4 Å². The summed E-state index contributed by atoms with van der Waals surface area (Å²) in [4.78, 5) is 0. The van der Waals surface area contributed by atoms with Crippen LogP contribution in [0.25, 0.3) is 0 Å². The third-order valence-corrected chi connectivity index (χ3v) is 3.16. The summed E-state index contributed by atoms with van der Waals surface area (Å²) in [5.41, 5.74) is 2.75. The fourth-order valence-corrected chi connectivity index (χ4v) is 1.68. The Hall–Kier alpha value is -1.63. The molecule has 0 aliphatic rings. The normalized spacial score (nSPS) is 10.8. The van der Waals surface area contributed by atoms with Gasteiger partial charge in [0.15, 0.2) is 0 Å². The molecular formula is C20H29F. The van der Waals surface area contributed by atoms with Crippen LogP contribution in [-0.2, 0) is 0 Å². The number of rotatable bonds is 3. The molecule has 0 nitrogen and oxygen atoms in total. The summed E-state index contributed by atoms with van der Waals surface area (Å²) in [5, 5.41) is 0. The average molecular weight is 288 g/mol. The summed E-state index contributed by atoms with van der Waals surface area (Å²) in [6.07, 6.45) is 0.0231. The van der Waals surface area contributed by atoms with Crippen molar-refractivity contribution in [1.82, 2.24) is 0 Å². The maximum Gasteiger partial charge on any atom is 0.0971 e. The van der Waals surface area contributed by atoms with Crippen LogP contribution in [0.4, 0.5) is 4.39 Å². The van der Waals surface area contributed by atoms with Crippen LogP contribution in [-0.4, -0.2) is 6.17 Å². The fraction of sp³-hybridized carbons (Fsp3) is 0.400. The van der Waals surface area contributed by atoms with Crippen LogP contribution in [0.5, 0.6) is 0 Å². The van der Waals surface area contributed by atoms with Crippen LogP contribution >= 0.6 is 0 Å². The molecule has 2 rings (SSSR count). The van der Waals surface area contributed by atoms with Gasteiger partial charge in [-0.05, 0) is 24.5 Å². The number of benzene rings is 2. The van der Waals surface area contributed by atoms with Crippen LogP contribution in [0.15, 0.2) is 60.7 Å². The minimum atomic E-state index is -0.616. The first-order valence-electron chi connectivity index (χ1n) is 7.89. The SMILES string of the molecule is CC.CC(c1ccccc1)c1ccccc1.CCC(C)F. The quantitative estimate of drug-likeness (QED) is 0.595. The van der Waals surface area contributed by atoms with Gasteiger partial charge in [-0.15, -0.1) is 0 Å². The lowest BCUT2D eigenvalue weighted by Crippen LogP contribution is -1.94. The van der Waals surface area contributed by atoms with E-state index in [-0.39, 0.29) is 0 Å². The molecule has 0 saturated carbocycles. The molecule has 0 aliphatic carbocycles. The average Bonchev–Trinajstić information content (AvgIpc) is 2.58. The summed E-state index contributed by atoms with van der Waals surface area (Å²) >= 11 is 0. The third kappa shape index (κ3) is 8.29. The smallest absolute Gasteiger partial charge is 0.0971 e. The second kappa shape index (κ2) is 12.1. The lowest BCUT2D eigenvalue weighted by molar-refractivity contribution is 0.352. The van der Waals surface area contributed by atoms with Crippen molar-refractivity contribution < 1.29 is 4.39 Å². The Kier molecular flexibility index (Phi) is 11.2. The highest BCUT2D eigenvalue weighted by molar-refractivity contribution is 5.31. The molecule has 0 heterocycles. The first-order valence-corrected chi connectivity index (χ1v) is 7.89.